The van der Waals surface area contributed by atoms with E-state index in [1.54, 1.807) is 12.4 Å². The van der Waals surface area contributed by atoms with Gasteiger partial charge in [-0.15, -0.1) is 11.3 Å². The molecule has 7 aromatic rings. The van der Waals surface area contributed by atoms with Gasteiger partial charge >= 0.3 is 12.4 Å². The molecule has 0 aliphatic heterocycles. The fourth-order valence-corrected chi connectivity index (χ4v) is 7.48. The van der Waals surface area contributed by atoms with E-state index in [2.05, 4.69) is 9.98 Å². The lowest BCUT2D eigenvalue weighted by atomic mass is 9.99. The molecule has 1 heterocycles. The minimum absolute atomic E-state index is 0.121. The lowest BCUT2D eigenvalue weighted by Gasteiger charge is -2.11. The molecule has 0 saturated heterocycles. The maximum absolute atomic E-state index is 14.4. The summed E-state index contributed by atoms with van der Waals surface area (Å²) in [6, 6.07) is 10.9. The molecule has 0 fully saturated rings. The van der Waals surface area contributed by atoms with Crippen LogP contribution in [-0.2, 0) is 12.4 Å². The number of halogens is 10. The van der Waals surface area contributed by atoms with Crippen LogP contribution < -0.4 is 10.7 Å². The first-order chi connectivity index (χ1) is 23.1. The normalized spacial score (nSPS) is 13.3. The predicted octanol–water partition coefficient (Wildman–Crippen LogP) is 9.93. The van der Waals surface area contributed by atoms with Gasteiger partial charge in [0.1, 0.15) is 45.1 Å². The smallest absolute Gasteiger partial charge is 0.206 e. The van der Waals surface area contributed by atoms with Crippen molar-refractivity contribution >= 4 is 53.1 Å². The zero-order valence-electron chi connectivity index (χ0n) is 23.8. The fraction of sp³-hybridized carbons (Fsp3) is 0.0588. The van der Waals surface area contributed by atoms with Gasteiger partial charge in [0.15, 0.2) is 0 Å². The van der Waals surface area contributed by atoms with Crippen LogP contribution in [0.1, 0.15) is 11.1 Å². The highest BCUT2D eigenvalue weighted by molar-refractivity contribution is 7.26. The SMILES string of the molecule is N#C/N=c1/c2cc(-c3cc(F)c(C(F)(F)F)c(F)c3)ccc2c2c1sc1/c(=N/C#N)c3cc(-c4cc(F)c(C(F)(F)F)c(F)c4)ccc3c12. The molecule has 0 unspecified atom stereocenters. The van der Waals surface area contributed by atoms with Gasteiger partial charge < -0.3 is 0 Å². The van der Waals surface area contributed by atoms with Crippen molar-refractivity contribution in [3.8, 4) is 34.6 Å². The summed E-state index contributed by atoms with van der Waals surface area (Å²) in [7, 11) is 0. The Balaban J connectivity index is 1.48. The number of hydrogen-bond donors (Lipinski definition) is 0. The third-order valence-corrected chi connectivity index (χ3v) is 9.27. The van der Waals surface area contributed by atoms with E-state index in [1.807, 2.05) is 0 Å². The van der Waals surface area contributed by atoms with Gasteiger partial charge in [-0.25, -0.2) is 17.6 Å². The van der Waals surface area contributed by atoms with Crippen LogP contribution in [0.25, 0.3) is 64.0 Å². The molecule has 0 radical (unpaired) electrons. The predicted molar refractivity (Wildman–Crippen MR) is 160 cm³/mol. The maximum atomic E-state index is 14.4. The maximum Gasteiger partial charge on any atom is 0.422 e. The van der Waals surface area contributed by atoms with Crippen molar-refractivity contribution in [3.63, 3.8) is 0 Å². The van der Waals surface area contributed by atoms with E-state index in [1.165, 1.54) is 36.4 Å². The van der Waals surface area contributed by atoms with Crippen LogP contribution in [0.15, 0.2) is 70.6 Å². The molecule has 4 nitrogen and oxygen atoms in total. The number of fused-ring (bicyclic) bond motifs is 7. The van der Waals surface area contributed by atoms with Gasteiger partial charge in [-0.3, -0.25) is 0 Å². The van der Waals surface area contributed by atoms with E-state index in [4.69, 9.17) is 0 Å². The highest BCUT2D eigenvalue weighted by Gasteiger charge is 2.39. The van der Waals surface area contributed by atoms with Gasteiger partial charge in [-0.1, -0.05) is 24.3 Å². The molecule has 0 atom stereocenters. The highest BCUT2D eigenvalue weighted by Crippen LogP contribution is 2.44. The molecule has 0 spiro atoms. The molecule has 1 aromatic heterocycles. The second-order valence-corrected chi connectivity index (χ2v) is 11.8. The van der Waals surface area contributed by atoms with E-state index < -0.39 is 46.7 Å². The molecule has 49 heavy (non-hydrogen) atoms. The second kappa shape index (κ2) is 10.9. The molecule has 0 N–H and O–H groups in total. The van der Waals surface area contributed by atoms with Crippen LogP contribution in [0.3, 0.4) is 0 Å². The Bertz CT molecular complexity index is 2530. The van der Waals surface area contributed by atoms with Crippen molar-refractivity contribution in [2.24, 2.45) is 9.98 Å². The Labute approximate surface area is 270 Å². The monoisotopic (exact) mass is 696 g/mol. The van der Waals surface area contributed by atoms with Crippen molar-refractivity contribution in [2.75, 3.05) is 0 Å². The molecular weight excluding hydrogens is 686 g/mol. The quantitative estimate of drug-likeness (QED) is 0.133. The van der Waals surface area contributed by atoms with Crippen molar-refractivity contribution in [2.45, 2.75) is 12.4 Å². The first kappa shape index (κ1) is 31.8. The van der Waals surface area contributed by atoms with E-state index in [0.717, 1.165) is 11.3 Å². The zero-order chi connectivity index (χ0) is 35.2. The summed E-state index contributed by atoms with van der Waals surface area (Å²) in [6.07, 6.45) is -7.13. The number of rotatable bonds is 2. The minimum Gasteiger partial charge on any atom is -0.206 e. The van der Waals surface area contributed by atoms with Crippen LogP contribution in [0, 0.1) is 46.2 Å². The highest BCUT2D eigenvalue weighted by atomic mass is 32.1. The molecular formula is C34H10F10N4S. The van der Waals surface area contributed by atoms with E-state index in [9.17, 15) is 54.4 Å². The van der Waals surface area contributed by atoms with E-state index in [-0.39, 0.29) is 33.0 Å². The largest absolute Gasteiger partial charge is 0.422 e. The minimum atomic E-state index is -5.26. The summed E-state index contributed by atoms with van der Waals surface area (Å²) in [6.45, 7) is 0. The topological polar surface area (TPSA) is 72.3 Å². The molecule has 0 bridgehead atoms. The van der Waals surface area contributed by atoms with E-state index in [0.29, 0.717) is 66.0 Å². The average Bonchev–Trinajstić information content (AvgIpc) is 3.62. The molecule has 15 heteroatoms. The number of hydrogen-bond acceptors (Lipinski definition) is 5. The summed E-state index contributed by atoms with van der Waals surface area (Å²) < 4.78 is 137. The first-order valence-electron chi connectivity index (χ1n) is 13.7. The summed E-state index contributed by atoms with van der Waals surface area (Å²) in [5.41, 5.74) is -4.25. The summed E-state index contributed by atoms with van der Waals surface area (Å²) in [5.74, 6) is -7.25. The third-order valence-electron chi connectivity index (χ3n) is 8.07. The average molecular weight is 697 g/mol. The number of nitrogens with zero attached hydrogens (tertiary/aromatic N) is 4. The van der Waals surface area contributed by atoms with Crippen LogP contribution >= 0.6 is 11.3 Å². The number of alkyl halides is 6. The standard InChI is InChI=1S/C34H10F10N4S/c35-21-7-15(8-22(36)27(21)33(39,40)41)13-1-3-17-19(5-13)29(47-11-45)31-25(17)26-18-4-2-14(6-20(18)30(48-12-46)32(26)49-31)16-9-23(37)28(24(38)10-16)34(42,43)44/h1-10H/b47-29-,48-30+. The van der Waals surface area contributed by atoms with Crippen molar-refractivity contribution in [1.82, 2.24) is 0 Å². The first-order valence-corrected chi connectivity index (χ1v) is 14.5. The van der Waals surface area contributed by atoms with Gasteiger partial charge in [-0.05, 0) is 69.4 Å². The van der Waals surface area contributed by atoms with Crippen LogP contribution in [0.4, 0.5) is 43.9 Å². The van der Waals surface area contributed by atoms with Gasteiger partial charge in [0.05, 0.1) is 9.40 Å². The molecule has 0 aliphatic carbocycles. The van der Waals surface area contributed by atoms with Crippen LogP contribution in [-0.4, -0.2) is 0 Å². The lowest BCUT2D eigenvalue weighted by molar-refractivity contribution is -0.143. The van der Waals surface area contributed by atoms with Crippen LogP contribution in [0.5, 0.6) is 0 Å². The Hall–Kier alpha value is -5.80. The van der Waals surface area contributed by atoms with Gasteiger partial charge in [-0.2, -0.15) is 46.9 Å². The van der Waals surface area contributed by atoms with Crippen LogP contribution in [0.2, 0.25) is 0 Å². The third kappa shape index (κ3) is 4.88. The van der Waals surface area contributed by atoms with Crippen molar-refractivity contribution < 1.29 is 43.9 Å². The molecule has 7 rings (SSSR count). The molecule has 6 aromatic carbocycles. The van der Waals surface area contributed by atoms with Gasteiger partial charge in [0.25, 0.3) is 0 Å². The van der Waals surface area contributed by atoms with E-state index >= 15 is 0 Å². The Morgan fingerprint density at radius 3 is 1.14 bits per heavy atom. The molecule has 0 amide bonds. The van der Waals surface area contributed by atoms with Crippen molar-refractivity contribution in [1.29, 1.82) is 10.5 Å². The van der Waals surface area contributed by atoms with Crippen molar-refractivity contribution in [3.05, 3.63) is 106 Å². The van der Waals surface area contributed by atoms with Gasteiger partial charge in [0.2, 0.25) is 12.4 Å². The number of nitriles is 2. The van der Waals surface area contributed by atoms with Gasteiger partial charge in [0, 0.05) is 21.5 Å². The summed E-state index contributed by atoms with van der Waals surface area (Å²) in [5, 5.41) is 22.0. The zero-order valence-corrected chi connectivity index (χ0v) is 24.6. The molecule has 0 aliphatic rings. The summed E-state index contributed by atoms with van der Waals surface area (Å²) >= 11 is 1.09. The molecule has 242 valence electrons. The fourth-order valence-electron chi connectivity index (χ4n) is 6.14. The Morgan fingerprint density at radius 1 is 0.490 bits per heavy atom. The summed E-state index contributed by atoms with van der Waals surface area (Å²) in [4.78, 5) is 7.87. The lowest BCUT2D eigenvalue weighted by Crippen LogP contribution is -2.11. The number of thiophene rings is 1. The Kier molecular flexibility index (Phi) is 7.05. The Morgan fingerprint density at radius 2 is 0.837 bits per heavy atom. The number of benzene rings is 4. The second-order valence-electron chi connectivity index (χ2n) is 10.8. The molecule has 0 saturated carbocycles.